The minimum atomic E-state index is 0.563. The molecule has 0 spiro atoms. The molecule has 0 aromatic rings. The summed E-state index contributed by atoms with van der Waals surface area (Å²) in [6.07, 6.45) is 5.74. The average Bonchev–Trinajstić information content (AvgIpc) is 2.69. The van der Waals surface area contributed by atoms with E-state index >= 15 is 0 Å². The van der Waals surface area contributed by atoms with Gasteiger partial charge in [0.15, 0.2) is 0 Å². The normalized spacial score (nSPS) is 28.2. The second kappa shape index (κ2) is 3.15. The van der Waals surface area contributed by atoms with Crippen LogP contribution in [0.3, 0.4) is 0 Å². The van der Waals surface area contributed by atoms with Gasteiger partial charge in [-0.25, -0.2) is 0 Å². The Kier molecular flexibility index (Phi) is 1.99. The van der Waals surface area contributed by atoms with Crippen molar-refractivity contribution in [1.29, 1.82) is 0 Å². The Hall–Kier alpha value is -1.40. The predicted octanol–water partition coefficient (Wildman–Crippen LogP) is 2.54. The van der Waals surface area contributed by atoms with E-state index in [0.29, 0.717) is 11.8 Å². The molecule has 0 saturated heterocycles. The molecule has 0 amide bonds. The van der Waals surface area contributed by atoms with Gasteiger partial charge in [-0.2, -0.15) is 0 Å². The van der Waals surface area contributed by atoms with E-state index in [1.807, 2.05) is 13.8 Å². The Morgan fingerprint density at radius 3 is 1.85 bits per heavy atom. The zero-order chi connectivity index (χ0) is 9.26. The summed E-state index contributed by atoms with van der Waals surface area (Å²) in [5, 5.41) is 0. The van der Waals surface area contributed by atoms with Crippen molar-refractivity contribution in [3.05, 3.63) is 23.3 Å². The molecule has 0 N–H and O–H groups in total. The molecule has 2 atom stereocenters. The molecule has 2 aliphatic carbocycles. The third kappa shape index (κ3) is 1.20. The molecule has 0 heteroatoms. The van der Waals surface area contributed by atoms with E-state index in [4.69, 9.17) is 0 Å². The third-order valence-electron chi connectivity index (χ3n) is 2.63. The average molecular weight is 168 g/mol. The summed E-state index contributed by atoms with van der Waals surface area (Å²) >= 11 is 0. The van der Waals surface area contributed by atoms with Crippen LogP contribution in [-0.4, -0.2) is 0 Å². The Labute approximate surface area is 79.7 Å². The molecule has 0 aromatic carbocycles. The smallest absolute Gasteiger partial charge is 0.0211 e. The Morgan fingerprint density at radius 1 is 1.00 bits per heavy atom. The summed E-state index contributed by atoms with van der Waals surface area (Å²) in [7, 11) is 0. The van der Waals surface area contributed by atoms with Gasteiger partial charge in [-0.1, -0.05) is 24.0 Å². The number of fused-ring (bicyclic) bond motifs is 2. The van der Waals surface area contributed by atoms with Gasteiger partial charge in [-0.05, 0) is 20.3 Å². The first-order chi connectivity index (χ1) is 6.36. The van der Waals surface area contributed by atoms with E-state index in [-0.39, 0.29) is 0 Å². The molecule has 2 rings (SSSR count). The van der Waals surface area contributed by atoms with Gasteiger partial charge in [0.2, 0.25) is 0 Å². The van der Waals surface area contributed by atoms with Gasteiger partial charge in [-0.15, -0.1) is 11.8 Å². The van der Waals surface area contributed by atoms with Crippen molar-refractivity contribution in [2.45, 2.75) is 20.3 Å². The molecule has 0 aliphatic heterocycles. The van der Waals surface area contributed by atoms with Crippen molar-refractivity contribution in [3.8, 4) is 23.7 Å². The molecule has 13 heavy (non-hydrogen) atoms. The highest BCUT2D eigenvalue weighted by molar-refractivity contribution is 5.54. The topological polar surface area (TPSA) is 0 Å². The maximum Gasteiger partial charge on any atom is 0.0211 e. The summed E-state index contributed by atoms with van der Waals surface area (Å²) in [5.74, 6) is 13.4. The maximum absolute atomic E-state index is 3.19. The molecule has 0 aromatic heterocycles. The number of hydrogen-bond donors (Lipinski definition) is 0. The van der Waals surface area contributed by atoms with Crippen molar-refractivity contribution in [2.24, 2.45) is 11.8 Å². The molecule has 0 nitrogen and oxygen atoms in total. The molecule has 0 saturated carbocycles. The van der Waals surface area contributed by atoms with Crippen LogP contribution >= 0.6 is 0 Å². The largest absolute Gasteiger partial charge is 0.102 e. The van der Waals surface area contributed by atoms with E-state index in [0.717, 1.165) is 0 Å². The SMILES string of the molecule is CC#CC1=C(C#CC)[C@H]2C=C[C@@H]1C2. The zero-order valence-corrected chi connectivity index (χ0v) is 8.02. The fourth-order valence-electron chi connectivity index (χ4n) is 2.12. The van der Waals surface area contributed by atoms with Crippen LogP contribution in [0.2, 0.25) is 0 Å². The van der Waals surface area contributed by atoms with Gasteiger partial charge >= 0.3 is 0 Å². The molecular weight excluding hydrogens is 156 g/mol. The van der Waals surface area contributed by atoms with E-state index in [2.05, 4.69) is 35.8 Å². The third-order valence-corrected chi connectivity index (χ3v) is 2.63. The fraction of sp³-hybridized carbons (Fsp3) is 0.385. The van der Waals surface area contributed by atoms with Crippen LogP contribution in [0.15, 0.2) is 23.3 Å². The van der Waals surface area contributed by atoms with Crippen molar-refractivity contribution >= 4 is 0 Å². The monoisotopic (exact) mass is 168 g/mol. The summed E-state index contributed by atoms with van der Waals surface area (Å²) in [6, 6.07) is 0. The van der Waals surface area contributed by atoms with Crippen LogP contribution in [-0.2, 0) is 0 Å². The highest BCUT2D eigenvalue weighted by Crippen LogP contribution is 2.43. The first kappa shape index (κ1) is 8.21. The molecule has 0 heterocycles. The van der Waals surface area contributed by atoms with Gasteiger partial charge in [0.05, 0.1) is 0 Å². The summed E-state index contributed by atoms with van der Waals surface area (Å²) in [4.78, 5) is 0. The minimum Gasteiger partial charge on any atom is -0.102 e. The van der Waals surface area contributed by atoms with E-state index in [1.54, 1.807) is 0 Å². The molecule has 64 valence electrons. The van der Waals surface area contributed by atoms with Gasteiger partial charge < -0.3 is 0 Å². The van der Waals surface area contributed by atoms with Crippen LogP contribution in [0.5, 0.6) is 0 Å². The molecule has 0 radical (unpaired) electrons. The fourth-order valence-corrected chi connectivity index (χ4v) is 2.12. The van der Waals surface area contributed by atoms with Crippen molar-refractivity contribution < 1.29 is 0 Å². The van der Waals surface area contributed by atoms with Crippen LogP contribution < -0.4 is 0 Å². The number of rotatable bonds is 0. The number of hydrogen-bond acceptors (Lipinski definition) is 0. The van der Waals surface area contributed by atoms with Crippen molar-refractivity contribution in [3.63, 3.8) is 0 Å². The second-order valence-electron chi connectivity index (χ2n) is 3.41. The lowest BCUT2D eigenvalue weighted by Gasteiger charge is -2.05. The van der Waals surface area contributed by atoms with Crippen molar-refractivity contribution in [1.82, 2.24) is 0 Å². The van der Waals surface area contributed by atoms with Gasteiger partial charge in [-0.3, -0.25) is 0 Å². The maximum atomic E-state index is 3.19. The Bertz CT molecular complexity index is 361. The minimum absolute atomic E-state index is 0.563. The van der Waals surface area contributed by atoms with Crippen LogP contribution in [0, 0.1) is 35.5 Å². The molecular formula is C13H12. The molecule has 0 unspecified atom stereocenters. The van der Waals surface area contributed by atoms with E-state index in [9.17, 15) is 0 Å². The molecule has 2 aliphatic rings. The van der Waals surface area contributed by atoms with Gasteiger partial charge in [0.1, 0.15) is 0 Å². The Morgan fingerprint density at radius 2 is 1.46 bits per heavy atom. The predicted molar refractivity (Wildman–Crippen MR) is 54.7 cm³/mol. The molecule has 0 fully saturated rings. The lowest BCUT2D eigenvalue weighted by atomic mass is 9.98. The molecule has 2 bridgehead atoms. The van der Waals surface area contributed by atoms with Gasteiger partial charge in [0.25, 0.3) is 0 Å². The van der Waals surface area contributed by atoms with E-state index in [1.165, 1.54) is 17.6 Å². The van der Waals surface area contributed by atoms with Crippen LogP contribution in [0.4, 0.5) is 0 Å². The summed E-state index contributed by atoms with van der Waals surface area (Å²) in [6.45, 7) is 3.78. The quantitative estimate of drug-likeness (QED) is 0.385. The highest BCUT2D eigenvalue weighted by atomic mass is 14.3. The Balaban J connectivity index is 2.44. The summed E-state index contributed by atoms with van der Waals surface area (Å²) in [5.41, 5.74) is 2.54. The number of allylic oxidation sites excluding steroid dienone is 4. The van der Waals surface area contributed by atoms with Crippen LogP contribution in [0.25, 0.3) is 0 Å². The lowest BCUT2D eigenvalue weighted by molar-refractivity contribution is 0.715. The van der Waals surface area contributed by atoms with Crippen LogP contribution in [0.1, 0.15) is 20.3 Å². The van der Waals surface area contributed by atoms with Crippen molar-refractivity contribution in [2.75, 3.05) is 0 Å². The lowest BCUT2D eigenvalue weighted by Crippen LogP contribution is -1.95. The second-order valence-corrected chi connectivity index (χ2v) is 3.41. The van der Waals surface area contributed by atoms with E-state index < -0.39 is 0 Å². The summed E-state index contributed by atoms with van der Waals surface area (Å²) < 4.78 is 0. The van der Waals surface area contributed by atoms with Gasteiger partial charge in [0, 0.05) is 23.0 Å². The highest BCUT2D eigenvalue weighted by Gasteiger charge is 2.33. The zero-order valence-electron chi connectivity index (χ0n) is 8.02. The standard InChI is InChI=1S/C13H12/c1-3-5-12-10-7-8-11(9-10)13(12)6-4-2/h7-8,10-11H,9H2,1-2H3/t10-,11+. The first-order valence-electron chi connectivity index (χ1n) is 4.64. The first-order valence-corrected chi connectivity index (χ1v) is 4.64.